The summed E-state index contributed by atoms with van der Waals surface area (Å²) < 4.78 is 0. The van der Waals surface area contributed by atoms with Crippen LogP contribution in [-0.4, -0.2) is 37.3 Å². The molecule has 96 valence electrons. The highest BCUT2D eigenvalue weighted by atomic mass is 15.0. The molecular weight excluding hydrogens is 186 g/mol. The number of hydrogen-bond donors (Lipinski definition) is 3. The monoisotopic (exact) mass is 219 g/mol. The molecule has 0 amide bonds. The van der Waals surface area contributed by atoms with Crippen LogP contribution in [0.1, 0.15) is 44.8 Å². The SMILES string of the molecule is CC(C)(C)NCCNCCNC1(C)CC1.[HH].[HH].[HH]. The molecule has 1 rings (SSSR count). The molecule has 15 heavy (non-hydrogen) atoms. The van der Waals surface area contributed by atoms with Crippen molar-refractivity contribution in [2.45, 2.75) is 51.6 Å². The average Bonchev–Trinajstić information content (AvgIpc) is 2.81. The molecule has 0 saturated heterocycles. The molecule has 3 heteroatoms. The van der Waals surface area contributed by atoms with E-state index >= 15 is 0 Å². The minimum atomic E-state index is 0. The van der Waals surface area contributed by atoms with Gasteiger partial charge in [-0.05, 0) is 40.5 Å². The second-order valence-electron chi connectivity index (χ2n) is 5.91. The Hall–Kier alpha value is -0.120. The molecule has 0 aromatic rings. The first kappa shape index (κ1) is 12.9. The van der Waals surface area contributed by atoms with Gasteiger partial charge in [-0.3, -0.25) is 0 Å². The van der Waals surface area contributed by atoms with Crippen LogP contribution in [0.2, 0.25) is 0 Å². The maximum absolute atomic E-state index is 3.56. The molecule has 1 saturated carbocycles. The van der Waals surface area contributed by atoms with Crippen LogP contribution in [-0.2, 0) is 0 Å². The van der Waals surface area contributed by atoms with Crippen molar-refractivity contribution < 1.29 is 4.28 Å². The third kappa shape index (κ3) is 6.88. The Balaban J connectivity index is -0.000000750. The summed E-state index contributed by atoms with van der Waals surface area (Å²) >= 11 is 0. The Labute approximate surface area is 98.9 Å². The van der Waals surface area contributed by atoms with E-state index in [-0.39, 0.29) is 9.82 Å². The van der Waals surface area contributed by atoms with Gasteiger partial charge in [-0.1, -0.05) is 0 Å². The normalized spacial score (nSPS) is 19.2. The van der Waals surface area contributed by atoms with Crippen LogP contribution in [0.25, 0.3) is 0 Å². The number of rotatable bonds is 7. The van der Waals surface area contributed by atoms with Gasteiger partial charge < -0.3 is 16.0 Å². The predicted molar refractivity (Wildman–Crippen MR) is 72.6 cm³/mol. The molecule has 0 bridgehead atoms. The molecule has 1 aliphatic rings. The van der Waals surface area contributed by atoms with Gasteiger partial charge in [0.15, 0.2) is 0 Å². The summed E-state index contributed by atoms with van der Waals surface area (Å²) in [5.74, 6) is 0. The fraction of sp³-hybridized carbons (Fsp3) is 1.00. The first-order valence-electron chi connectivity index (χ1n) is 6.12. The lowest BCUT2D eigenvalue weighted by Gasteiger charge is -2.20. The van der Waals surface area contributed by atoms with Crippen molar-refractivity contribution in [3.8, 4) is 0 Å². The highest BCUT2D eigenvalue weighted by molar-refractivity contribution is 4.97. The van der Waals surface area contributed by atoms with Crippen molar-refractivity contribution in [1.82, 2.24) is 16.0 Å². The number of hydrogen-bond acceptors (Lipinski definition) is 3. The summed E-state index contributed by atoms with van der Waals surface area (Å²) in [5, 5.41) is 10.4. The maximum atomic E-state index is 3.56. The molecule has 0 aromatic carbocycles. The topological polar surface area (TPSA) is 36.1 Å². The van der Waals surface area contributed by atoms with E-state index in [9.17, 15) is 0 Å². The molecule has 0 heterocycles. The fourth-order valence-electron chi connectivity index (χ4n) is 1.47. The van der Waals surface area contributed by atoms with E-state index in [2.05, 4.69) is 43.6 Å². The molecule has 3 nitrogen and oxygen atoms in total. The van der Waals surface area contributed by atoms with E-state index < -0.39 is 0 Å². The largest absolute Gasteiger partial charge is 0.314 e. The van der Waals surface area contributed by atoms with Gasteiger partial charge in [-0.15, -0.1) is 0 Å². The Morgan fingerprint density at radius 2 is 1.67 bits per heavy atom. The zero-order chi connectivity index (χ0) is 11.4. The molecule has 0 spiro atoms. The highest BCUT2D eigenvalue weighted by Gasteiger charge is 2.35. The molecule has 0 aliphatic heterocycles. The lowest BCUT2D eigenvalue weighted by molar-refractivity contribution is 0.419. The van der Waals surface area contributed by atoms with E-state index in [0.29, 0.717) is 5.54 Å². The zero-order valence-electron chi connectivity index (χ0n) is 10.7. The predicted octanol–water partition coefficient (Wildman–Crippen LogP) is 1.84. The molecule has 0 radical (unpaired) electrons. The van der Waals surface area contributed by atoms with Crippen LogP contribution < -0.4 is 16.0 Å². The van der Waals surface area contributed by atoms with Crippen molar-refractivity contribution >= 4 is 0 Å². The molecule has 0 atom stereocenters. The maximum Gasteiger partial charge on any atom is 0.0155 e. The Morgan fingerprint density at radius 1 is 1.07 bits per heavy atom. The quantitative estimate of drug-likeness (QED) is 0.572. The van der Waals surface area contributed by atoms with E-state index in [4.69, 9.17) is 0 Å². The van der Waals surface area contributed by atoms with Crippen LogP contribution >= 0.6 is 0 Å². The molecule has 3 N–H and O–H groups in total. The van der Waals surface area contributed by atoms with Gasteiger partial charge in [-0.2, -0.15) is 0 Å². The van der Waals surface area contributed by atoms with Crippen molar-refractivity contribution in [3.05, 3.63) is 0 Å². The van der Waals surface area contributed by atoms with Gasteiger partial charge in [0, 0.05) is 41.5 Å². The molecule has 0 unspecified atom stereocenters. The van der Waals surface area contributed by atoms with Gasteiger partial charge in [0.05, 0.1) is 0 Å². The van der Waals surface area contributed by atoms with Crippen LogP contribution in [0.15, 0.2) is 0 Å². The Kier molecular flexibility index (Phi) is 4.56. The summed E-state index contributed by atoms with van der Waals surface area (Å²) in [6.07, 6.45) is 2.69. The van der Waals surface area contributed by atoms with Crippen LogP contribution in [0, 0.1) is 0 Å². The first-order valence-corrected chi connectivity index (χ1v) is 6.12. The molecule has 0 aromatic heterocycles. The van der Waals surface area contributed by atoms with Crippen molar-refractivity contribution in [2.75, 3.05) is 26.2 Å². The second-order valence-corrected chi connectivity index (χ2v) is 5.91. The van der Waals surface area contributed by atoms with Crippen molar-refractivity contribution in [3.63, 3.8) is 0 Å². The number of nitrogens with one attached hydrogen (secondary N) is 3. The average molecular weight is 219 g/mol. The minimum Gasteiger partial charge on any atom is -0.314 e. The highest BCUT2D eigenvalue weighted by Crippen LogP contribution is 2.33. The summed E-state index contributed by atoms with van der Waals surface area (Å²) in [7, 11) is 0. The van der Waals surface area contributed by atoms with E-state index in [1.807, 2.05) is 0 Å². The van der Waals surface area contributed by atoms with E-state index in [0.717, 1.165) is 26.2 Å². The van der Waals surface area contributed by atoms with E-state index in [1.165, 1.54) is 12.8 Å². The van der Waals surface area contributed by atoms with Gasteiger partial charge in [0.25, 0.3) is 0 Å². The van der Waals surface area contributed by atoms with Crippen LogP contribution in [0.4, 0.5) is 0 Å². The Morgan fingerprint density at radius 3 is 2.20 bits per heavy atom. The Bertz CT molecular complexity index is 182. The second kappa shape index (κ2) is 5.28. The third-order valence-corrected chi connectivity index (χ3v) is 2.81. The standard InChI is InChI=1S/C12H27N3.3H2/c1-11(2,3)14-9-7-13-8-10-15-12(4)5-6-12;;;/h13-15H,5-10H2,1-4H3;3*1H. The fourth-order valence-corrected chi connectivity index (χ4v) is 1.47. The first-order chi connectivity index (χ1) is 6.91. The summed E-state index contributed by atoms with van der Waals surface area (Å²) in [4.78, 5) is 0. The molecule has 1 fully saturated rings. The smallest absolute Gasteiger partial charge is 0.0155 e. The lowest BCUT2D eigenvalue weighted by Crippen LogP contribution is -2.41. The summed E-state index contributed by atoms with van der Waals surface area (Å²) in [6.45, 7) is 13.1. The summed E-state index contributed by atoms with van der Waals surface area (Å²) in [6, 6.07) is 0. The zero-order valence-corrected chi connectivity index (χ0v) is 10.7. The third-order valence-electron chi connectivity index (χ3n) is 2.81. The summed E-state index contributed by atoms with van der Waals surface area (Å²) in [5.41, 5.74) is 0.715. The van der Waals surface area contributed by atoms with Gasteiger partial charge in [0.1, 0.15) is 0 Å². The van der Waals surface area contributed by atoms with Crippen LogP contribution in [0.5, 0.6) is 0 Å². The van der Waals surface area contributed by atoms with Crippen LogP contribution in [0.3, 0.4) is 0 Å². The van der Waals surface area contributed by atoms with Gasteiger partial charge in [-0.25, -0.2) is 0 Å². The lowest BCUT2D eigenvalue weighted by atomic mass is 10.1. The van der Waals surface area contributed by atoms with Crippen molar-refractivity contribution in [1.29, 1.82) is 0 Å². The van der Waals surface area contributed by atoms with Gasteiger partial charge in [0.2, 0.25) is 0 Å². The van der Waals surface area contributed by atoms with E-state index in [1.54, 1.807) is 0 Å². The van der Waals surface area contributed by atoms with Crippen molar-refractivity contribution in [2.24, 2.45) is 0 Å². The minimum absolute atomic E-state index is 0. The van der Waals surface area contributed by atoms with Gasteiger partial charge >= 0.3 is 0 Å². The molecular formula is C12H33N3. The molecule has 1 aliphatic carbocycles.